The first-order valence-corrected chi connectivity index (χ1v) is 11.1. The zero-order chi connectivity index (χ0) is 22.1. The lowest BCUT2D eigenvalue weighted by Gasteiger charge is -2.38. The lowest BCUT2D eigenvalue weighted by molar-refractivity contribution is 0.00790. The van der Waals surface area contributed by atoms with Crippen molar-refractivity contribution in [2.24, 2.45) is 0 Å². The number of morpholine rings is 1. The molecule has 0 radical (unpaired) electrons. The van der Waals surface area contributed by atoms with E-state index in [4.69, 9.17) is 4.74 Å². The number of phenols is 1. The number of phenolic OH excluding ortho intramolecular Hbond substituents is 1. The Morgan fingerprint density at radius 3 is 2.53 bits per heavy atom. The van der Waals surface area contributed by atoms with Gasteiger partial charge in [0.15, 0.2) is 17.4 Å². The van der Waals surface area contributed by atoms with Crippen molar-refractivity contribution < 1.29 is 18.6 Å². The van der Waals surface area contributed by atoms with E-state index in [-0.39, 0.29) is 0 Å². The molecule has 0 amide bonds. The number of halogens is 2. The highest BCUT2D eigenvalue weighted by Crippen LogP contribution is 2.30. The standard InChI is InChI=1S/C24H26F2N4O2/c25-20-12-16(13-22(31)23(20)26)15-1-6-21-17(11-15)14-27-24(29-21)28-18-2-4-19(5-3-18)30-7-9-32-10-8-30/h1,6,11-14,18-19,31H,2-5,7-10H2,(H,27,28,29). The van der Waals surface area contributed by atoms with Crippen LogP contribution in [0.4, 0.5) is 14.7 Å². The lowest BCUT2D eigenvalue weighted by atomic mass is 9.90. The van der Waals surface area contributed by atoms with Crippen molar-refractivity contribution in [3.8, 4) is 16.9 Å². The Bertz CT molecular complexity index is 1090. The number of benzene rings is 2. The summed E-state index contributed by atoms with van der Waals surface area (Å²) in [6, 6.07) is 8.69. The third kappa shape index (κ3) is 4.38. The topological polar surface area (TPSA) is 70.5 Å². The van der Waals surface area contributed by atoms with Gasteiger partial charge in [-0.2, -0.15) is 4.39 Å². The molecule has 168 valence electrons. The van der Waals surface area contributed by atoms with Crippen molar-refractivity contribution in [2.75, 3.05) is 31.6 Å². The molecule has 1 aromatic heterocycles. The fourth-order valence-electron chi connectivity index (χ4n) is 4.73. The average molecular weight is 440 g/mol. The molecule has 8 heteroatoms. The van der Waals surface area contributed by atoms with Crippen LogP contribution in [0.2, 0.25) is 0 Å². The van der Waals surface area contributed by atoms with E-state index in [9.17, 15) is 13.9 Å². The summed E-state index contributed by atoms with van der Waals surface area (Å²) in [6.07, 6.45) is 6.22. The van der Waals surface area contributed by atoms with Gasteiger partial charge in [-0.1, -0.05) is 6.07 Å². The molecule has 0 bridgehead atoms. The molecule has 1 aliphatic carbocycles. The molecule has 5 rings (SSSR count). The Kier molecular flexibility index (Phi) is 5.89. The number of ether oxygens (including phenoxy) is 1. The summed E-state index contributed by atoms with van der Waals surface area (Å²) in [5.74, 6) is -2.43. The van der Waals surface area contributed by atoms with Crippen molar-refractivity contribution in [1.29, 1.82) is 0 Å². The molecule has 0 spiro atoms. The minimum absolute atomic E-state index is 0.356. The molecule has 2 fully saturated rings. The second kappa shape index (κ2) is 8.96. The van der Waals surface area contributed by atoms with Crippen molar-refractivity contribution >= 4 is 16.9 Å². The second-order valence-corrected chi connectivity index (χ2v) is 8.56. The van der Waals surface area contributed by atoms with Crippen LogP contribution in [0.3, 0.4) is 0 Å². The van der Waals surface area contributed by atoms with E-state index < -0.39 is 17.4 Å². The molecule has 2 heterocycles. The number of hydrogen-bond acceptors (Lipinski definition) is 6. The highest BCUT2D eigenvalue weighted by molar-refractivity contribution is 5.84. The van der Waals surface area contributed by atoms with Gasteiger partial charge in [0.1, 0.15) is 0 Å². The van der Waals surface area contributed by atoms with Gasteiger partial charge < -0.3 is 15.2 Å². The van der Waals surface area contributed by atoms with E-state index >= 15 is 0 Å². The summed E-state index contributed by atoms with van der Waals surface area (Å²) >= 11 is 0. The summed E-state index contributed by atoms with van der Waals surface area (Å²) in [4.78, 5) is 11.6. The van der Waals surface area contributed by atoms with Crippen LogP contribution in [0, 0.1) is 11.6 Å². The van der Waals surface area contributed by atoms with Gasteiger partial charge in [0.2, 0.25) is 5.95 Å². The Morgan fingerprint density at radius 2 is 1.78 bits per heavy atom. The molecule has 1 saturated heterocycles. The molecule has 1 aliphatic heterocycles. The maximum atomic E-state index is 13.7. The largest absolute Gasteiger partial charge is 0.505 e. The molecular weight excluding hydrogens is 414 g/mol. The van der Waals surface area contributed by atoms with Crippen LogP contribution in [0.15, 0.2) is 36.5 Å². The zero-order valence-electron chi connectivity index (χ0n) is 17.7. The van der Waals surface area contributed by atoms with E-state index in [1.807, 2.05) is 6.07 Å². The SMILES string of the molecule is Oc1cc(-c2ccc3nc(NC4CCC(N5CCOCC5)CC4)ncc3c2)cc(F)c1F. The molecule has 6 nitrogen and oxygen atoms in total. The maximum Gasteiger partial charge on any atom is 0.223 e. The van der Waals surface area contributed by atoms with Crippen molar-refractivity contribution in [3.05, 3.63) is 48.2 Å². The normalized spacial score (nSPS) is 22.2. The minimum Gasteiger partial charge on any atom is -0.505 e. The van der Waals surface area contributed by atoms with Gasteiger partial charge in [-0.3, -0.25) is 4.90 Å². The number of rotatable bonds is 4. The quantitative estimate of drug-likeness (QED) is 0.629. The van der Waals surface area contributed by atoms with Crippen LogP contribution in [0.5, 0.6) is 5.75 Å². The number of anilines is 1. The third-order valence-electron chi connectivity index (χ3n) is 6.51. The number of nitrogens with one attached hydrogen (secondary N) is 1. The Morgan fingerprint density at radius 1 is 1.00 bits per heavy atom. The van der Waals surface area contributed by atoms with Gasteiger partial charge in [-0.05, 0) is 61.1 Å². The molecule has 0 unspecified atom stereocenters. The van der Waals surface area contributed by atoms with Gasteiger partial charge in [0, 0.05) is 36.8 Å². The molecule has 3 aromatic rings. The zero-order valence-corrected chi connectivity index (χ0v) is 17.7. The van der Waals surface area contributed by atoms with Crippen LogP contribution in [0.1, 0.15) is 25.7 Å². The minimum atomic E-state index is -1.24. The summed E-state index contributed by atoms with van der Waals surface area (Å²) < 4.78 is 32.5. The Balaban J connectivity index is 1.26. The summed E-state index contributed by atoms with van der Waals surface area (Å²) in [5.41, 5.74) is 1.81. The number of aromatic nitrogens is 2. The predicted molar refractivity (Wildman–Crippen MR) is 119 cm³/mol. The molecule has 2 aliphatic rings. The monoisotopic (exact) mass is 440 g/mol. The molecule has 1 saturated carbocycles. The van der Waals surface area contributed by atoms with E-state index in [0.717, 1.165) is 69.0 Å². The van der Waals surface area contributed by atoms with Gasteiger partial charge in [-0.25, -0.2) is 14.4 Å². The first kappa shape index (κ1) is 21.0. The highest BCUT2D eigenvalue weighted by atomic mass is 19.2. The average Bonchev–Trinajstić information content (AvgIpc) is 2.83. The highest BCUT2D eigenvalue weighted by Gasteiger charge is 2.27. The molecule has 0 atom stereocenters. The fourth-order valence-corrected chi connectivity index (χ4v) is 4.73. The van der Waals surface area contributed by atoms with Crippen molar-refractivity contribution in [3.63, 3.8) is 0 Å². The second-order valence-electron chi connectivity index (χ2n) is 8.56. The van der Waals surface area contributed by atoms with E-state index in [1.54, 1.807) is 18.3 Å². The van der Waals surface area contributed by atoms with Gasteiger partial charge >= 0.3 is 0 Å². The summed E-state index contributed by atoms with van der Waals surface area (Å²) in [7, 11) is 0. The number of fused-ring (bicyclic) bond motifs is 1. The number of nitrogens with zero attached hydrogens (tertiary/aromatic N) is 3. The molecule has 2 aromatic carbocycles. The van der Waals surface area contributed by atoms with E-state index in [2.05, 4.69) is 20.2 Å². The van der Waals surface area contributed by atoms with Crippen molar-refractivity contribution in [2.45, 2.75) is 37.8 Å². The number of hydrogen-bond donors (Lipinski definition) is 2. The lowest BCUT2D eigenvalue weighted by Crippen LogP contribution is -2.46. The van der Waals surface area contributed by atoms with E-state index in [1.165, 1.54) is 6.07 Å². The molecule has 2 N–H and O–H groups in total. The first-order chi connectivity index (χ1) is 15.6. The van der Waals surface area contributed by atoms with Crippen LogP contribution in [0.25, 0.3) is 22.0 Å². The Hall–Kier alpha value is -2.84. The number of aromatic hydroxyl groups is 1. The Labute approximate surface area is 185 Å². The molecular formula is C24H26F2N4O2. The van der Waals surface area contributed by atoms with Crippen LogP contribution in [-0.4, -0.2) is 58.4 Å². The third-order valence-corrected chi connectivity index (χ3v) is 6.51. The van der Waals surface area contributed by atoms with Crippen molar-refractivity contribution in [1.82, 2.24) is 14.9 Å². The van der Waals surface area contributed by atoms with Gasteiger partial charge in [0.25, 0.3) is 0 Å². The van der Waals surface area contributed by atoms with Crippen LogP contribution in [-0.2, 0) is 4.74 Å². The predicted octanol–water partition coefficient (Wildman–Crippen LogP) is 4.34. The maximum absolute atomic E-state index is 13.7. The van der Waals surface area contributed by atoms with Crippen LogP contribution < -0.4 is 5.32 Å². The molecule has 32 heavy (non-hydrogen) atoms. The smallest absolute Gasteiger partial charge is 0.223 e. The first-order valence-electron chi connectivity index (χ1n) is 11.1. The van der Waals surface area contributed by atoms with Gasteiger partial charge in [0.05, 0.1) is 18.7 Å². The fraction of sp³-hybridized carbons (Fsp3) is 0.417. The van der Waals surface area contributed by atoms with E-state index in [0.29, 0.717) is 29.2 Å². The van der Waals surface area contributed by atoms with Gasteiger partial charge in [-0.15, -0.1) is 0 Å². The summed E-state index contributed by atoms with van der Waals surface area (Å²) in [5, 5.41) is 13.8. The van der Waals surface area contributed by atoms with Crippen LogP contribution >= 0.6 is 0 Å². The summed E-state index contributed by atoms with van der Waals surface area (Å²) in [6.45, 7) is 3.73.